The van der Waals surface area contributed by atoms with Gasteiger partial charge in [0.1, 0.15) is 5.60 Å². The van der Waals surface area contributed by atoms with Gasteiger partial charge in [-0.1, -0.05) is 79.5 Å². The van der Waals surface area contributed by atoms with E-state index in [-0.39, 0.29) is 44.7 Å². The molecule has 6 rings (SSSR count). The Labute approximate surface area is 380 Å². The second-order valence-corrected chi connectivity index (χ2v) is 13.2. The third-order valence-electron chi connectivity index (χ3n) is 7.95. The van der Waals surface area contributed by atoms with Gasteiger partial charge in [0.05, 0.1) is 0 Å². The third kappa shape index (κ3) is 27.3. The number of halogens is 2. The molecule has 5 nitrogen and oxygen atoms in total. The number of nitrogens with one attached hydrogen (secondary N) is 1. The topological polar surface area (TPSA) is 69.6 Å². The van der Waals surface area contributed by atoms with Crippen LogP contribution in [0.5, 0.6) is 0 Å². The Morgan fingerprint density at radius 1 is 0.737 bits per heavy atom. The van der Waals surface area contributed by atoms with E-state index in [0.29, 0.717) is 27.6 Å². The molecular formula is C48H60Cl2N2O3Zn2. The quantitative estimate of drug-likeness (QED) is 0.0704. The third-order valence-corrected chi connectivity index (χ3v) is 8.45. The van der Waals surface area contributed by atoms with Gasteiger partial charge in [-0.2, -0.15) is 86.6 Å². The fourth-order valence-electron chi connectivity index (χ4n) is 4.86. The second kappa shape index (κ2) is 37.3. The maximum absolute atomic E-state index is 10.7. The Morgan fingerprint density at radius 3 is 1.46 bits per heavy atom. The number of rotatable bonds is 8. The second-order valence-electron chi connectivity index (χ2n) is 12.3. The van der Waals surface area contributed by atoms with Gasteiger partial charge in [0.15, 0.2) is 5.78 Å². The van der Waals surface area contributed by atoms with E-state index in [0.717, 1.165) is 24.1 Å². The van der Waals surface area contributed by atoms with Crippen LogP contribution in [0.1, 0.15) is 75.9 Å². The molecule has 2 atom stereocenters. The van der Waals surface area contributed by atoms with Crippen LogP contribution in [-0.4, -0.2) is 47.9 Å². The van der Waals surface area contributed by atoms with Crippen LogP contribution in [0, 0.1) is 31.9 Å². The summed E-state index contributed by atoms with van der Waals surface area (Å²) in [5, 5.41) is 14.7. The Bertz CT molecular complexity index is 1520. The molecule has 1 aliphatic rings. The van der Waals surface area contributed by atoms with Gasteiger partial charge in [0.2, 0.25) is 6.41 Å². The van der Waals surface area contributed by atoms with Crippen molar-refractivity contribution in [2.75, 3.05) is 19.6 Å². The number of aliphatic hydroxyl groups is 1. The summed E-state index contributed by atoms with van der Waals surface area (Å²) in [4.78, 5) is 23.5. The maximum atomic E-state index is 10.7. The first-order chi connectivity index (χ1) is 26.5. The number of hydrogen-bond donors (Lipinski definition) is 2. The van der Waals surface area contributed by atoms with Crippen molar-refractivity contribution >= 4 is 35.4 Å². The molecule has 1 fully saturated rings. The number of carbonyl (C=O) groups is 2. The summed E-state index contributed by atoms with van der Waals surface area (Å²) in [6.07, 6.45) is 3.44. The summed E-state index contributed by atoms with van der Waals surface area (Å²) in [5.74, 6) is 0.586. The smallest absolute Gasteiger partial charge is 0.381 e. The predicted octanol–water partition coefficient (Wildman–Crippen LogP) is 11.6. The van der Waals surface area contributed by atoms with Gasteiger partial charge in [-0.05, 0) is 93.2 Å². The van der Waals surface area contributed by atoms with Crippen molar-refractivity contribution in [1.82, 2.24) is 10.2 Å². The van der Waals surface area contributed by atoms with E-state index in [4.69, 9.17) is 23.2 Å². The Balaban J connectivity index is -0.000000645. The number of amides is 1. The van der Waals surface area contributed by atoms with Gasteiger partial charge in [-0.25, -0.2) is 0 Å². The first-order valence-corrected chi connectivity index (χ1v) is 19.3. The number of likely N-dealkylation sites (tertiary alicyclic amines) is 1. The van der Waals surface area contributed by atoms with Crippen molar-refractivity contribution in [3.63, 3.8) is 0 Å². The maximum Gasteiger partial charge on any atom is 2.00 e. The van der Waals surface area contributed by atoms with E-state index in [1.165, 1.54) is 32.9 Å². The Kier molecular flexibility index (Phi) is 38.1. The number of nitrogens with zero attached hydrogens (tertiary/aromatic N) is 1. The number of benzene rings is 5. The number of hydrogen-bond acceptors (Lipinski definition) is 4. The molecule has 57 heavy (non-hydrogen) atoms. The van der Waals surface area contributed by atoms with Crippen molar-refractivity contribution in [2.24, 2.45) is 5.92 Å². The predicted molar refractivity (Wildman–Crippen MR) is 234 cm³/mol. The molecule has 0 aliphatic carbocycles. The van der Waals surface area contributed by atoms with Gasteiger partial charge < -0.3 is 29.2 Å². The number of Topliss-reactive ketones (excluding diaryl/α,β-unsaturated/α-hetero) is 1. The van der Waals surface area contributed by atoms with E-state index >= 15 is 0 Å². The van der Waals surface area contributed by atoms with Crippen LogP contribution in [0.15, 0.2) is 140 Å². The van der Waals surface area contributed by atoms with Crippen molar-refractivity contribution < 1.29 is 53.7 Å². The van der Waals surface area contributed by atoms with Crippen molar-refractivity contribution in [3.05, 3.63) is 192 Å². The molecule has 0 spiro atoms. The van der Waals surface area contributed by atoms with Crippen LogP contribution in [0.3, 0.4) is 0 Å². The summed E-state index contributed by atoms with van der Waals surface area (Å²) < 4.78 is 0. The average Bonchev–Trinajstić information content (AvgIpc) is 3.76. The van der Waals surface area contributed by atoms with Gasteiger partial charge in [-0.15, -0.1) is 0 Å². The van der Waals surface area contributed by atoms with E-state index in [1.54, 1.807) is 57.2 Å². The van der Waals surface area contributed by atoms with Crippen molar-refractivity contribution in [2.45, 2.75) is 66.0 Å². The van der Waals surface area contributed by atoms with Crippen LogP contribution in [0.4, 0.5) is 0 Å². The molecule has 0 saturated carbocycles. The summed E-state index contributed by atoms with van der Waals surface area (Å²) in [5.41, 5.74) is 1.43. The van der Waals surface area contributed by atoms with Gasteiger partial charge in [-0.3, -0.25) is 9.59 Å². The summed E-state index contributed by atoms with van der Waals surface area (Å²) >= 11 is 11.4. The van der Waals surface area contributed by atoms with Crippen LogP contribution in [0.25, 0.3) is 0 Å². The Morgan fingerprint density at radius 2 is 1.12 bits per heavy atom. The van der Waals surface area contributed by atoms with Crippen molar-refractivity contribution in [1.29, 1.82) is 0 Å². The molecule has 1 amide bonds. The van der Waals surface area contributed by atoms with Gasteiger partial charge in [0, 0.05) is 28.2 Å². The van der Waals surface area contributed by atoms with Crippen LogP contribution < -0.4 is 5.32 Å². The number of carbonyl (C=O) groups excluding carboxylic acids is 2. The standard InChI is InChI=1S/C14H13ClO.C10H20N2O.C8H7ClO.2C6H5.2C2H5.2Zn/c1-14(16,11-5-3-2-4-6-11)12-7-9-13(15)10-8-12;1-9(2)10(11-8-13)7-12-5-3-4-6-12;1-6(10)7-2-4-8(9)5-3-7;2*1-2-4-6-5-3-1;2*1-2;;/h2-10,16H,1H3;8-10H,3-7H2,1-2H3,(H,11,13);2-5H,1H3;2*1-5H;2*1H2,2H3;;/q;;;4*-1;2*+2/t14-;10-;;;;;;;/m01......./s1. The van der Waals surface area contributed by atoms with Crippen LogP contribution in [0.2, 0.25) is 10.0 Å². The monoisotopic (exact) mass is 910 g/mol. The fraction of sp³-hybridized carbons (Fsp3) is 0.292. The number of ketones is 1. The zero-order valence-corrected chi connectivity index (χ0v) is 42.3. The zero-order chi connectivity index (χ0) is 41.3. The average molecular weight is 915 g/mol. The molecule has 0 aromatic heterocycles. The van der Waals surface area contributed by atoms with Crippen LogP contribution >= 0.6 is 23.2 Å². The minimum absolute atomic E-state index is 0. The molecule has 1 aliphatic heterocycles. The first kappa shape index (κ1) is 58.3. The van der Waals surface area contributed by atoms with E-state index in [2.05, 4.69) is 50.0 Å². The SMILES string of the molecule is CC(=O)c1ccc(Cl)cc1.CC(C)[C@@H](CN1CCCC1)NC=O.C[C@](O)(c1ccccc1)c1ccc(Cl)cc1.[CH2-]C.[CH2-]C.[Zn+2].[Zn+2].[c-]1ccccc1.[c-]1ccccc1. The molecule has 0 radical (unpaired) electrons. The van der Waals surface area contributed by atoms with Gasteiger partial charge >= 0.3 is 39.0 Å². The molecule has 5 aromatic carbocycles. The van der Waals surface area contributed by atoms with E-state index in [9.17, 15) is 14.7 Å². The molecule has 298 valence electrons. The molecule has 2 N–H and O–H groups in total. The largest absolute Gasteiger partial charge is 2.00 e. The van der Waals surface area contributed by atoms with Crippen molar-refractivity contribution in [3.8, 4) is 0 Å². The van der Waals surface area contributed by atoms with Gasteiger partial charge in [0.25, 0.3) is 0 Å². The molecule has 1 heterocycles. The summed E-state index contributed by atoms with van der Waals surface area (Å²) in [6, 6.07) is 49.0. The molecule has 5 aromatic rings. The molecule has 9 heteroatoms. The van der Waals surface area contributed by atoms with Crippen LogP contribution in [-0.2, 0) is 49.4 Å². The zero-order valence-electron chi connectivity index (χ0n) is 34.8. The minimum Gasteiger partial charge on any atom is -0.381 e. The minimum atomic E-state index is -0.980. The summed E-state index contributed by atoms with van der Waals surface area (Å²) in [7, 11) is 0. The first-order valence-electron chi connectivity index (χ1n) is 18.5. The normalized spacial score (nSPS) is 12.3. The molecule has 0 bridgehead atoms. The fourth-order valence-corrected chi connectivity index (χ4v) is 5.11. The van der Waals surface area contributed by atoms with E-state index < -0.39 is 5.60 Å². The molecule has 1 saturated heterocycles. The molecular weight excluding hydrogens is 854 g/mol. The van der Waals surface area contributed by atoms with E-state index in [1.807, 2.05) is 103 Å². The summed E-state index contributed by atoms with van der Waals surface area (Å²) in [6.45, 7) is 21.0. The Hall–Kier alpha value is -3.01. The molecule has 0 unspecified atom stereocenters.